The number of hydrogen-bond acceptors (Lipinski definition) is 7. The van der Waals surface area contributed by atoms with Crippen LogP contribution in [0.4, 0.5) is 21.9 Å². The Morgan fingerprint density at radius 2 is 1.78 bits per heavy atom. The second kappa shape index (κ2) is 14.5. The molecule has 260 valence electrons. The van der Waals surface area contributed by atoms with Crippen LogP contribution < -0.4 is 19.9 Å². The number of methoxy groups -OCH3 is 1. The summed E-state index contributed by atoms with van der Waals surface area (Å²) in [5, 5.41) is 3.17. The van der Waals surface area contributed by atoms with Crippen LogP contribution in [0.3, 0.4) is 0 Å². The van der Waals surface area contributed by atoms with Gasteiger partial charge in [-0.1, -0.05) is 36.4 Å². The molecule has 2 heterocycles. The molecule has 1 aliphatic carbocycles. The van der Waals surface area contributed by atoms with Gasteiger partial charge in [0.05, 0.1) is 11.6 Å². The smallest absolute Gasteiger partial charge is 0.410 e. The van der Waals surface area contributed by atoms with Gasteiger partial charge in [0.1, 0.15) is 11.4 Å². The maximum atomic E-state index is 15.0. The van der Waals surface area contributed by atoms with E-state index in [0.717, 1.165) is 40.9 Å². The largest absolute Gasteiger partial charge is 0.482 e. The van der Waals surface area contributed by atoms with E-state index < -0.39 is 17.6 Å². The van der Waals surface area contributed by atoms with E-state index in [1.807, 2.05) is 50.9 Å². The van der Waals surface area contributed by atoms with Crippen LogP contribution in [-0.4, -0.2) is 81.5 Å². The standard InChI is InChI=1S/C39H48N4O6/c1-39(2,3)49-38(46)41-20-18-32(28-9-6-8-27(22-28)26-10-12-29(40-4)13-11-26)33(24-41)37(45)43(30-14-15-30)31-16-17-35-34(23-31)42(19-7-21-47-5)36(44)25-48-35/h6,8-13,16-17,22-23,30,32-33,40H,7,14-15,18-21,24-25H2,1-5H3/t32-,33+/m1/s1. The molecule has 1 N–H and O–H groups in total. The number of nitrogens with zero attached hydrogens (tertiary/aromatic N) is 3. The maximum Gasteiger partial charge on any atom is 0.410 e. The van der Waals surface area contributed by atoms with Gasteiger partial charge in [0, 0.05) is 57.8 Å². The molecule has 0 radical (unpaired) electrons. The number of rotatable bonds is 10. The minimum atomic E-state index is -0.650. The summed E-state index contributed by atoms with van der Waals surface area (Å²) in [6.45, 7) is 7.31. The van der Waals surface area contributed by atoms with Crippen molar-refractivity contribution in [2.75, 3.05) is 62.1 Å². The summed E-state index contributed by atoms with van der Waals surface area (Å²) < 4.78 is 16.8. The van der Waals surface area contributed by atoms with Crippen LogP contribution in [0.15, 0.2) is 66.7 Å². The van der Waals surface area contributed by atoms with Crippen LogP contribution >= 0.6 is 0 Å². The van der Waals surface area contributed by atoms with Crippen LogP contribution in [0, 0.1) is 5.92 Å². The number of nitrogens with one attached hydrogen (secondary N) is 1. The Kier molecular flexibility index (Phi) is 10.2. The predicted molar refractivity (Wildman–Crippen MR) is 191 cm³/mol. The van der Waals surface area contributed by atoms with Gasteiger partial charge in [0.2, 0.25) is 5.91 Å². The molecular formula is C39H48N4O6. The van der Waals surface area contributed by atoms with Crippen LogP contribution in [0.1, 0.15) is 57.9 Å². The fourth-order valence-electron chi connectivity index (χ4n) is 6.85. The van der Waals surface area contributed by atoms with Crippen molar-refractivity contribution in [3.63, 3.8) is 0 Å². The molecule has 49 heavy (non-hydrogen) atoms. The quantitative estimate of drug-likeness (QED) is 0.240. The minimum Gasteiger partial charge on any atom is -0.482 e. The third kappa shape index (κ3) is 7.85. The van der Waals surface area contributed by atoms with E-state index in [1.165, 1.54) is 0 Å². The molecule has 3 aromatic carbocycles. The van der Waals surface area contributed by atoms with Gasteiger partial charge in [0.15, 0.2) is 6.61 Å². The summed E-state index contributed by atoms with van der Waals surface area (Å²) in [4.78, 5) is 46.6. The first kappa shape index (κ1) is 34.3. The van der Waals surface area contributed by atoms with Gasteiger partial charge in [-0.05, 0) is 99.4 Å². The molecule has 6 rings (SSSR count). The van der Waals surface area contributed by atoms with Crippen LogP contribution in [0.2, 0.25) is 0 Å². The van der Waals surface area contributed by atoms with Crippen molar-refractivity contribution in [3.05, 3.63) is 72.3 Å². The molecule has 0 aromatic heterocycles. The molecule has 3 aliphatic rings. The van der Waals surface area contributed by atoms with E-state index in [1.54, 1.807) is 16.9 Å². The Morgan fingerprint density at radius 3 is 2.47 bits per heavy atom. The van der Waals surface area contributed by atoms with Gasteiger partial charge in [-0.3, -0.25) is 9.59 Å². The van der Waals surface area contributed by atoms with Crippen LogP contribution in [-0.2, 0) is 19.1 Å². The van der Waals surface area contributed by atoms with Gasteiger partial charge >= 0.3 is 6.09 Å². The number of benzene rings is 3. The Morgan fingerprint density at radius 1 is 1.00 bits per heavy atom. The lowest BCUT2D eigenvalue weighted by Gasteiger charge is -2.41. The zero-order chi connectivity index (χ0) is 34.7. The summed E-state index contributed by atoms with van der Waals surface area (Å²) in [5.74, 6) is -0.146. The lowest BCUT2D eigenvalue weighted by molar-refractivity contribution is -0.124. The topological polar surface area (TPSA) is 101 Å². The first-order valence-electron chi connectivity index (χ1n) is 17.3. The minimum absolute atomic E-state index is 0.0203. The van der Waals surface area contributed by atoms with E-state index in [4.69, 9.17) is 14.2 Å². The summed E-state index contributed by atoms with van der Waals surface area (Å²) >= 11 is 0. The molecule has 2 fully saturated rings. The SMILES string of the molecule is CNc1ccc(-c2cccc([C@H]3CCN(C(=O)OC(C)(C)C)C[C@@H]3C(=O)N(c3ccc4c(c3)N(CCCOC)C(=O)CO4)C3CC3)c2)cc1. The zero-order valence-corrected chi connectivity index (χ0v) is 29.2. The van der Waals surface area contributed by atoms with Gasteiger partial charge in [0.25, 0.3) is 5.91 Å². The number of hydrogen-bond donors (Lipinski definition) is 1. The molecule has 10 nitrogen and oxygen atoms in total. The molecule has 3 amide bonds. The van der Waals surface area contributed by atoms with Gasteiger partial charge in [-0.15, -0.1) is 0 Å². The average Bonchev–Trinajstić information content (AvgIpc) is 3.94. The maximum absolute atomic E-state index is 15.0. The van der Waals surface area contributed by atoms with Crippen LogP contribution in [0.5, 0.6) is 5.75 Å². The number of likely N-dealkylation sites (tertiary alicyclic amines) is 1. The first-order chi connectivity index (χ1) is 23.6. The number of carbonyl (C=O) groups is 3. The Labute approximate surface area is 289 Å². The molecule has 1 saturated heterocycles. The van der Waals surface area contributed by atoms with Crippen molar-refractivity contribution >= 4 is 35.0 Å². The Balaban J connectivity index is 1.34. The van der Waals surface area contributed by atoms with Crippen molar-refractivity contribution in [2.45, 2.75) is 64.0 Å². The summed E-state index contributed by atoms with van der Waals surface area (Å²) in [7, 11) is 3.55. The van der Waals surface area contributed by atoms with Crippen molar-refractivity contribution in [3.8, 4) is 16.9 Å². The van der Waals surface area contributed by atoms with Gasteiger partial charge < -0.3 is 34.2 Å². The van der Waals surface area contributed by atoms with Crippen molar-refractivity contribution < 1.29 is 28.6 Å². The molecule has 1 saturated carbocycles. The van der Waals surface area contributed by atoms with Crippen molar-refractivity contribution in [2.24, 2.45) is 5.92 Å². The summed E-state index contributed by atoms with van der Waals surface area (Å²) in [5.41, 5.74) is 5.02. The summed E-state index contributed by atoms with van der Waals surface area (Å²) in [6.07, 6.45) is 2.68. The molecule has 0 unspecified atom stereocenters. The Bertz CT molecular complexity index is 1660. The molecular weight excluding hydrogens is 620 g/mol. The third-order valence-electron chi connectivity index (χ3n) is 9.45. The highest BCUT2D eigenvalue weighted by Gasteiger charge is 2.44. The van der Waals surface area contributed by atoms with Gasteiger partial charge in [-0.25, -0.2) is 4.79 Å². The lowest BCUT2D eigenvalue weighted by Crippen LogP contribution is -2.51. The van der Waals surface area contributed by atoms with E-state index >= 15 is 0 Å². The van der Waals surface area contributed by atoms with E-state index in [0.29, 0.717) is 44.0 Å². The second-order valence-corrected chi connectivity index (χ2v) is 14.2. The van der Waals surface area contributed by atoms with E-state index in [9.17, 15) is 14.4 Å². The number of piperidine rings is 1. The predicted octanol–water partition coefficient (Wildman–Crippen LogP) is 6.69. The molecule has 3 aromatic rings. The Hall–Kier alpha value is -4.57. The average molecular weight is 669 g/mol. The number of amides is 3. The fourth-order valence-corrected chi connectivity index (χ4v) is 6.85. The monoisotopic (exact) mass is 668 g/mol. The van der Waals surface area contributed by atoms with E-state index in [2.05, 4.69) is 53.8 Å². The number of fused-ring (bicyclic) bond motifs is 1. The normalized spacial score (nSPS) is 19.2. The summed E-state index contributed by atoms with van der Waals surface area (Å²) in [6, 6.07) is 22.4. The highest BCUT2D eigenvalue weighted by Crippen LogP contribution is 2.43. The fraction of sp³-hybridized carbons (Fsp3) is 0.462. The number of ether oxygens (including phenoxy) is 3. The third-order valence-corrected chi connectivity index (χ3v) is 9.45. The number of carbonyl (C=O) groups excluding carboxylic acids is 3. The highest BCUT2D eigenvalue weighted by atomic mass is 16.6. The molecule has 2 aliphatic heterocycles. The van der Waals surface area contributed by atoms with Crippen molar-refractivity contribution in [1.29, 1.82) is 0 Å². The lowest BCUT2D eigenvalue weighted by atomic mass is 9.78. The van der Waals surface area contributed by atoms with E-state index in [-0.39, 0.29) is 36.9 Å². The highest BCUT2D eigenvalue weighted by molar-refractivity contribution is 6.01. The first-order valence-corrected chi connectivity index (χ1v) is 17.3. The molecule has 10 heteroatoms. The zero-order valence-electron chi connectivity index (χ0n) is 29.2. The van der Waals surface area contributed by atoms with Gasteiger partial charge in [-0.2, -0.15) is 0 Å². The number of anilines is 3. The molecule has 0 spiro atoms. The van der Waals surface area contributed by atoms with Crippen molar-refractivity contribution in [1.82, 2.24) is 4.90 Å². The van der Waals surface area contributed by atoms with Crippen LogP contribution in [0.25, 0.3) is 11.1 Å². The second-order valence-electron chi connectivity index (χ2n) is 14.2. The molecule has 0 bridgehead atoms. The molecule has 2 atom stereocenters.